The number of nitrogens with zero attached hydrogens (tertiary/aromatic N) is 1. The number of carbonyl (C=O) groups is 2. The number of hydrogen-bond donors (Lipinski definition) is 1. The van der Waals surface area contributed by atoms with E-state index in [1.54, 1.807) is 0 Å². The minimum absolute atomic E-state index is 0.0932. The predicted octanol–water partition coefficient (Wildman–Crippen LogP) is 2.41. The van der Waals surface area contributed by atoms with Crippen molar-refractivity contribution >= 4 is 27.9 Å². The third kappa shape index (κ3) is 1.57. The maximum atomic E-state index is 12.6. The van der Waals surface area contributed by atoms with Gasteiger partial charge in [-0.15, -0.1) is 0 Å². The first-order valence-electron chi connectivity index (χ1n) is 6.36. The van der Waals surface area contributed by atoms with Crippen LogP contribution in [0.3, 0.4) is 0 Å². The van der Waals surface area contributed by atoms with Gasteiger partial charge in [-0.25, -0.2) is 4.79 Å². The van der Waals surface area contributed by atoms with Crippen molar-refractivity contribution < 1.29 is 9.59 Å². The van der Waals surface area contributed by atoms with Gasteiger partial charge >= 0.3 is 6.03 Å². The van der Waals surface area contributed by atoms with Crippen molar-refractivity contribution in [1.82, 2.24) is 10.2 Å². The molecule has 1 aromatic rings. The largest absolute Gasteiger partial charge is 0.325 e. The first-order valence-corrected chi connectivity index (χ1v) is 7.15. The van der Waals surface area contributed by atoms with E-state index in [-0.39, 0.29) is 17.9 Å². The molecular formula is C14H15BrN2O2. The molecule has 100 valence electrons. The molecule has 1 saturated heterocycles. The minimum Gasteiger partial charge on any atom is -0.319 e. The van der Waals surface area contributed by atoms with Crippen LogP contribution in [0.4, 0.5) is 4.79 Å². The number of benzene rings is 1. The van der Waals surface area contributed by atoms with E-state index in [0.29, 0.717) is 0 Å². The van der Waals surface area contributed by atoms with E-state index in [2.05, 4.69) is 21.2 Å². The molecule has 1 N–H and O–H groups in total. The molecule has 5 heteroatoms. The van der Waals surface area contributed by atoms with E-state index >= 15 is 0 Å². The summed E-state index contributed by atoms with van der Waals surface area (Å²) in [6, 6.07) is 5.66. The van der Waals surface area contributed by atoms with Gasteiger partial charge in [0.05, 0.1) is 0 Å². The van der Waals surface area contributed by atoms with Crippen molar-refractivity contribution in [3.8, 4) is 0 Å². The molecule has 2 aliphatic rings. The number of aryl methyl sites for hydroxylation is 1. The Morgan fingerprint density at radius 3 is 2.79 bits per heavy atom. The molecule has 2 unspecified atom stereocenters. The molecule has 3 amide bonds. The number of halogens is 1. The molecule has 2 atom stereocenters. The number of hydrogen-bond acceptors (Lipinski definition) is 2. The smallest absolute Gasteiger partial charge is 0.319 e. The maximum absolute atomic E-state index is 12.6. The van der Waals surface area contributed by atoms with Gasteiger partial charge in [0.2, 0.25) is 0 Å². The molecule has 1 aliphatic heterocycles. The van der Waals surface area contributed by atoms with E-state index in [0.717, 1.165) is 28.4 Å². The number of nitrogens with one attached hydrogen (secondary N) is 1. The quantitative estimate of drug-likeness (QED) is 0.746. The first kappa shape index (κ1) is 12.7. The molecule has 1 spiro atoms. The Morgan fingerprint density at radius 1 is 1.42 bits per heavy atom. The van der Waals surface area contributed by atoms with E-state index in [4.69, 9.17) is 0 Å². The fraction of sp³-hybridized carbons (Fsp3) is 0.429. The van der Waals surface area contributed by atoms with E-state index in [9.17, 15) is 9.59 Å². The highest BCUT2D eigenvalue weighted by atomic mass is 79.9. The van der Waals surface area contributed by atoms with Crippen LogP contribution in [0.25, 0.3) is 0 Å². The highest BCUT2D eigenvalue weighted by Crippen LogP contribution is 2.44. The molecule has 1 fully saturated rings. The number of imide groups is 1. The zero-order valence-corrected chi connectivity index (χ0v) is 12.5. The van der Waals surface area contributed by atoms with Crippen molar-refractivity contribution in [3.63, 3.8) is 0 Å². The van der Waals surface area contributed by atoms with Crippen LogP contribution in [0.2, 0.25) is 0 Å². The normalized spacial score (nSPS) is 29.6. The lowest BCUT2D eigenvalue weighted by atomic mass is 9.70. The summed E-state index contributed by atoms with van der Waals surface area (Å²) in [7, 11) is 1.53. The SMILES string of the molecule is CC1CCc2ccc(Br)cc2C12NC(=O)N(C)C2=O. The van der Waals surface area contributed by atoms with Crippen LogP contribution >= 0.6 is 15.9 Å². The molecule has 4 nitrogen and oxygen atoms in total. The van der Waals surface area contributed by atoms with Crippen LogP contribution in [-0.2, 0) is 16.8 Å². The summed E-state index contributed by atoms with van der Waals surface area (Å²) in [5, 5.41) is 2.92. The second kappa shape index (κ2) is 4.07. The van der Waals surface area contributed by atoms with Gasteiger partial charge in [0.25, 0.3) is 5.91 Å². The molecule has 3 rings (SSSR count). The number of amides is 3. The van der Waals surface area contributed by atoms with Gasteiger partial charge in [0, 0.05) is 11.5 Å². The summed E-state index contributed by atoms with van der Waals surface area (Å²) >= 11 is 3.45. The Hall–Kier alpha value is -1.36. The zero-order valence-electron chi connectivity index (χ0n) is 10.9. The topological polar surface area (TPSA) is 49.4 Å². The van der Waals surface area contributed by atoms with Crippen LogP contribution in [0.5, 0.6) is 0 Å². The Labute approximate surface area is 120 Å². The Bertz CT molecular complexity index is 587. The zero-order chi connectivity index (χ0) is 13.8. The number of rotatable bonds is 0. The molecule has 1 aliphatic carbocycles. The molecule has 0 radical (unpaired) electrons. The summed E-state index contributed by atoms with van der Waals surface area (Å²) in [6.07, 6.45) is 1.84. The van der Waals surface area contributed by atoms with Crippen LogP contribution in [0.15, 0.2) is 22.7 Å². The van der Waals surface area contributed by atoms with Gasteiger partial charge in [-0.3, -0.25) is 9.69 Å². The second-order valence-corrected chi connectivity index (χ2v) is 6.26. The average Bonchev–Trinajstić information content (AvgIpc) is 2.61. The van der Waals surface area contributed by atoms with Crippen LogP contribution in [0.1, 0.15) is 24.5 Å². The van der Waals surface area contributed by atoms with Crippen molar-refractivity contribution in [2.24, 2.45) is 5.92 Å². The Balaban J connectivity index is 2.24. The van der Waals surface area contributed by atoms with Crippen LogP contribution in [0, 0.1) is 5.92 Å². The number of carbonyl (C=O) groups excluding carboxylic acids is 2. The standard InChI is InChI=1S/C14H15BrN2O2/c1-8-3-4-9-5-6-10(15)7-11(9)14(8)12(18)17(2)13(19)16-14/h5-8H,3-4H2,1-2H3,(H,16,19). The number of likely N-dealkylation sites (N-methyl/N-ethyl adjacent to an activating group) is 1. The number of urea groups is 1. The van der Waals surface area contributed by atoms with Gasteiger partial charge in [-0.05, 0) is 42.0 Å². The third-order valence-electron chi connectivity index (χ3n) is 4.33. The Kier molecular flexibility index (Phi) is 2.71. The second-order valence-electron chi connectivity index (χ2n) is 5.34. The van der Waals surface area contributed by atoms with Gasteiger partial charge in [0.1, 0.15) is 5.54 Å². The summed E-state index contributed by atoms with van der Waals surface area (Å²) in [5.41, 5.74) is 1.19. The predicted molar refractivity (Wildman–Crippen MR) is 74.6 cm³/mol. The first-order chi connectivity index (χ1) is 8.96. The van der Waals surface area contributed by atoms with E-state index in [1.165, 1.54) is 11.9 Å². The lowest BCUT2D eigenvalue weighted by Gasteiger charge is -2.38. The molecule has 1 heterocycles. The summed E-state index contributed by atoms with van der Waals surface area (Å²) in [6.45, 7) is 2.03. The lowest BCUT2D eigenvalue weighted by molar-refractivity contribution is -0.133. The summed E-state index contributed by atoms with van der Waals surface area (Å²) in [5.74, 6) is -0.0558. The van der Waals surface area contributed by atoms with Gasteiger partial charge in [-0.2, -0.15) is 0 Å². The van der Waals surface area contributed by atoms with Crippen molar-refractivity contribution in [2.45, 2.75) is 25.3 Å². The Morgan fingerprint density at radius 2 is 2.16 bits per heavy atom. The van der Waals surface area contributed by atoms with Crippen molar-refractivity contribution in [2.75, 3.05) is 7.05 Å². The van der Waals surface area contributed by atoms with Gasteiger partial charge in [0.15, 0.2) is 0 Å². The fourth-order valence-electron chi connectivity index (χ4n) is 3.17. The highest BCUT2D eigenvalue weighted by molar-refractivity contribution is 9.10. The number of fused-ring (bicyclic) bond motifs is 2. The minimum atomic E-state index is -0.886. The third-order valence-corrected chi connectivity index (χ3v) is 4.83. The van der Waals surface area contributed by atoms with Crippen LogP contribution in [-0.4, -0.2) is 23.9 Å². The van der Waals surface area contributed by atoms with Crippen LogP contribution < -0.4 is 5.32 Å². The monoisotopic (exact) mass is 322 g/mol. The van der Waals surface area contributed by atoms with Gasteiger partial charge in [-0.1, -0.05) is 28.9 Å². The summed E-state index contributed by atoms with van der Waals surface area (Å²) in [4.78, 5) is 25.7. The van der Waals surface area contributed by atoms with E-state index in [1.807, 2.05) is 25.1 Å². The van der Waals surface area contributed by atoms with Gasteiger partial charge < -0.3 is 5.32 Å². The maximum Gasteiger partial charge on any atom is 0.325 e. The summed E-state index contributed by atoms with van der Waals surface area (Å²) < 4.78 is 0.927. The highest BCUT2D eigenvalue weighted by Gasteiger charge is 2.56. The molecule has 0 aromatic heterocycles. The molecule has 1 aromatic carbocycles. The van der Waals surface area contributed by atoms with E-state index < -0.39 is 5.54 Å². The van der Waals surface area contributed by atoms with Crippen molar-refractivity contribution in [1.29, 1.82) is 0 Å². The lowest BCUT2D eigenvalue weighted by Crippen LogP contribution is -2.51. The molecular weight excluding hydrogens is 308 g/mol. The fourth-order valence-corrected chi connectivity index (χ4v) is 3.53. The average molecular weight is 323 g/mol. The molecule has 19 heavy (non-hydrogen) atoms. The molecule has 0 bridgehead atoms. The molecule has 0 saturated carbocycles. The van der Waals surface area contributed by atoms with Crippen molar-refractivity contribution in [3.05, 3.63) is 33.8 Å².